The van der Waals surface area contributed by atoms with Gasteiger partial charge in [0.05, 0.1) is 11.1 Å². The average molecular weight is 210 g/mol. The van der Waals surface area contributed by atoms with Crippen molar-refractivity contribution in [2.75, 3.05) is 0 Å². The van der Waals surface area contributed by atoms with E-state index in [1.807, 2.05) is 5.43 Å². The lowest BCUT2D eigenvalue weighted by Gasteiger charge is -2.03. The van der Waals surface area contributed by atoms with Crippen LogP contribution in [0.15, 0.2) is 12.3 Å². The first-order chi connectivity index (χ1) is 7.13. The second kappa shape index (κ2) is 3.35. The Labute approximate surface area is 85.0 Å². The van der Waals surface area contributed by atoms with Crippen LogP contribution in [-0.4, -0.2) is 15.4 Å². The molecule has 80 valence electrons. The Morgan fingerprint density at radius 2 is 2.33 bits per heavy atom. The summed E-state index contributed by atoms with van der Waals surface area (Å²) in [6.45, 7) is 0. The molecule has 1 saturated carbocycles. The van der Waals surface area contributed by atoms with Crippen LogP contribution in [-0.2, 0) is 0 Å². The average Bonchev–Trinajstić information content (AvgIpc) is 2.96. The highest BCUT2D eigenvalue weighted by Crippen LogP contribution is 2.37. The van der Waals surface area contributed by atoms with Crippen molar-refractivity contribution < 1.29 is 9.72 Å². The molecule has 3 N–H and O–H groups in total. The molecule has 0 bridgehead atoms. The first kappa shape index (κ1) is 9.66. The zero-order valence-corrected chi connectivity index (χ0v) is 7.84. The molecule has 1 fully saturated rings. The summed E-state index contributed by atoms with van der Waals surface area (Å²) < 4.78 is 1.61. The van der Waals surface area contributed by atoms with Crippen LogP contribution in [0.1, 0.15) is 29.4 Å². The third-order valence-electron chi connectivity index (χ3n) is 2.35. The highest BCUT2D eigenvalue weighted by molar-refractivity contribution is 5.93. The highest BCUT2D eigenvalue weighted by atomic mass is 16.6. The highest BCUT2D eigenvalue weighted by Gasteiger charge is 2.30. The second-order valence-corrected chi connectivity index (χ2v) is 3.45. The van der Waals surface area contributed by atoms with Crippen LogP contribution in [0, 0.1) is 10.1 Å². The predicted molar refractivity (Wildman–Crippen MR) is 51.0 cm³/mol. The Balaban J connectivity index is 2.41. The molecule has 0 saturated heterocycles. The van der Waals surface area contributed by atoms with Gasteiger partial charge in [-0.1, -0.05) is 0 Å². The Bertz CT molecular complexity index is 422. The minimum absolute atomic E-state index is 0.0829. The number of aromatic nitrogens is 1. The van der Waals surface area contributed by atoms with Crippen LogP contribution in [0.25, 0.3) is 0 Å². The molecule has 0 atom stereocenters. The van der Waals surface area contributed by atoms with Crippen molar-refractivity contribution in [3.8, 4) is 0 Å². The van der Waals surface area contributed by atoms with Crippen LogP contribution in [0.4, 0.5) is 5.69 Å². The smallest absolute Gasteiger partial charge is 0.287 e. The number of hydrogen-bond acceptors (Lipinski definition) is 4. The van der Waals surface area contributed by atoms with E-state index in [9.17, 15) is 14.9 Å². The summed E-state index contributed by atoms with van der Waals surface area (Å²) in [6.07, 6.45) is 3.26. The van der Waals surface area contributed by atoms with E-state index in [2.05, 4.69) is 0 Å². The predicted octanol–water partition coefficient (Wildman–Crippen LogP) is 0.335. The molecule has 15 heavy (non-hydrogen) atoms. The van der Waals surface area contributed by atoms with Crippen molar-refractivity contribution in [3.05, 3.63) is 28.1 Å². The van der Waals surface area contributed by atoms with E-state index in [0.717, 1.165) is 12.8 Å². The van der Waals surface area contributed by atoms with Crippen LogP contribution in [0.2, 0.25) is 0 Å². The van der Waals surface area contributed by atoms with E-state index in [0.29, 0.717) is 0 Å². The van der Waals surface area contributed by atoms with E-state index < -0.39 is 10.8 Å². The Morgan fingerprint density at radius 3 is 2.80 bits per heavy atom. The van der Waals surface area contributed by atoms with Gasteiger partial charge in [0.1, 0.15) is 5.69 Å². The van der Waals surface area contributed by atoms with Crippen molar-refractivity contribution in [2.24, 2.45) is 5.84 Å². The molecular formula is C8H10N4O3. The molecule has 0 aromatic carbocycles. The van der Waals surface area contributed by atoms with Crippen LogP contribution in [0.5, 0.6) is 0 Å². The summed E-state index contributed by atoms with van der Waals surface area (Å²) in [7, 11) is 0. The van der Waals surface area contributed by atoms with Crippen molar-refractivity contribution >= 4 is 11.6 Å². The SMILES string of the molecule is NNC(=O)c1cc([N+](=O)[O-])cn1C1CC1. The number of nitro groups is 1. The fourth-order valence-electron chi connectivity index (χ4n) is 1.48. The zero-order valence-electron chi connectivity index (χ0n) is 7.84. The third kappa shape index (κ3) is 1.68. The summed E-state index contributed by atoms with van der Waals surface area (Å²) in [5, 5.41) is 10.5. The number of nitrogens with one attached hydrogen (secondary N) is 1. The second-order valence-electron chi connectivity index (χ2n) is 3.45. The lowest BCUT2D eigenvalue weighted by atomic mass is 10.4. The Kier molecular flexibility index (Phi) is 2.16. The number of nitrogens with two attached hydrogens (primary N) is 1. The van der Waals surface area contributed by atoms with Gasteiger partial charge in [0.15, 0.2) is 0 Å². The van der Waals surface area contributed by atoms with Gasteiger partial charge in [-0.3, -0.25) is 20.3 Å². The summed E-state index contributed by atoms with van der Waals surface area (Å²) >= 11 is 0. The van der Waals surface area contributed by atoms with Crippen molar-refractivity contribution in [2.45, 2.75) is 18.9 Å². The maximum absolute atomic E-state index is 11.3. The minimum Gasteiger partial charge on any atom is -0.334 e. The lowest BCUT2D eigenvalue weighted by molar-refractivity contribution is -0.384. The minimum atomic E-state index is -0.522. The summed E-state index contributed by atoms with van der Waals surface area (Å²) in [5.41, 5.74) is 2.13. The van der Waals surface area contributed by atoms with E-state index in [1.54, 1.807) is 4.57 Å². The molecule has 1 aromatic rings. The van der Waals surface area contributed by atoms with Crippen LogP contribution >= 0.6 is 0 Å². The molecule has 1 aliphatic carbocycles. The topological polar surface area (TPSA) is 103 Å². The van der Waals surface area contributed by atoms with Gasteiger partial charge >= 0.3 is 0 Å². The summed E-state index contributed by atoms with van der Waals surface area (Å²) in [6, 6.07) is 1.44. The molecule has 1 aliphatic rings. The number of nitrogens with zero attached hydrogens (tertiary/aromatic N) is 2. The molecular weight excluding hydrogens is 200 g/mol. The van der Waals surface area contributed by atoms with Gasteiger partial charge in [0.25, 0.3) is 11.6 Å². The van der Waals surface area contributed by atoms with Crippen molar-refractivity contribution in [1.82, 2.24) is 9.99 Å². The van der Waals surface area contributed by atoms with Gasteiger partial charge in [-0.15, -0.1) is 0 Å². The van der Waals surface area contributed by atoms with E-state index in [4.69, 9.17) is 5.84 Å². The fourth-order valence-corrected chi connectivity index (χ4v) is 1.48. The van der Waals surface area contributed by atoms with Gasteiger partial charge in [-0.2, -0.15) is 0 Å². The van der Waals surface area contributed by atoms with E-state index in [-0.39, 0.29) is 17.4 Å². The fraction of sp³-hybridized carbons (Fsp3) is 0.375. The maximum atomic E-state index is 11.3. The number of carbonyl (C=O) groups excluding carboxylic acids is 1. The standard InChI is InChI=1S/C8H10N4O3/c9-10-8(13)7-3-6(12(14)15)4-11(7)5-1-2-5/h3-5H,1-2,9H2,(H,10,13). The number of hydrazine groups is 1. The van der Waals surface area contributed by atoms with Gasteiger partial charge in [0.2, 0.25) is 0 Å². The molecule has 0 unspecified atom stereocenters. The number of nitrogen functional groups attached to an aromatic ring is 1. The Hall–Kier alpha value is -1.89. The molecule has 1 aromatic heterocycles. The van der Waals surface area contributed by atoms with E-state index >= 15 is 0 Å². The summed E-state index contributed by atoms with van der Waals surface area (Å²) in [5.74, 6) is 4.49. The molecule has 1 amide bonds. The summed E-state index contributed by atoms with van der Waals surface area (Å²) in [4.78, 5) is 21.4. The zero-order chi connectivity index (χ0) is 11.0. The number of amides is 1. The Morgan fingerprint density at radius 1 is 1.67 bits per heavy atom. The van der Waals surface area contributed by atoms with Gasteiger partial charge in [-0.05, 0) is 12.8 Å². The quantitative estimate of drug-likeness (QED) is 0.325. The molecule has 0 aliphatic heterocycles. The first-order valence-electron chi connectivity index (χ1n) is 4.50. The van der Waals surface area contributed by atoms with Gasteiger partial charge in [0, 0.05) is 12.1 Å². The maximum Gasteiger partial charge on any atom is 0.287 e. The van der Waals surface area contributed by atoms with Crippen LogP contribution in [0.3, 0.4) is 0 Å². The largest absolute Gasteiger partial charge is 0.334 e. The van der Waals surface area contributed by atoms with Crippen LogP contribution < -0.4 is 11.3 Å². The van der Waals surface area contributed by atoms with Gasteiger partial charge < -0.3 is 4.57 Å². The normalized spacial score (nSPS) is 15.0. The molecule has 2 rings (SSSR count). The third-order valence-corrected chi connectivity index (χ3v) is 2.35. The van der Waals surface area contributed by atoms with Crippen molar-refractivity contribution in [1.29, 1.82) is 0 Å². The molecule has 1 heterocycles. The van der Waals surface area contributed by atoms with E-state index in [1.165, 1.54) is 12.3 Å². The van der Waals surface area contributed by atoms with Crippen molar-refractivity contribution in [3.63, 3.8) is 0 Å². The molecule has 0 radical (unpaired) electrons. The number of carbonyl (C=O) groups is 1. The molecule has 0 spiro atoms. The van der Waals surface area contributed by atoms with Gasteiger partial charge in [-0.25, -0.2) is 5.84 Å². The first-order valence-corrected chi connectivity index (χ1v) is 4.50. The lowest BCUT2D eigenvalue weighted by Crippen LogP contribution is -2.31. The number of hydrogen-bond donors (Lipinski definition) is 2. The monoisotopic (exact) mass is 210 g/mol. The molecule has 7 nitrogen and oxygen atoms in total. The molecule has 7 heteroatoms. The number of rotatable bonds is 3.